The first-order valence-electron chi connectivity index (χ1n) is 8.58. The fourth-order valence-electron chi connectivity index (χ4n) is 2.45. The van der Waals surface area contributed by atoms with Crippen LogP contribution in [-0.4, -0.2) is 44.1 Å². The lowest BCUT2D eigenvalue weighted by atomic mass is 10.1. The summed E-state index contributed by atoms with van der Waals surface area (Å²) in [7, 11) is 2.98. The lowest BCUT2D eigenvalue weighted by Crippen LogP contribution is -2.35. The van der Waals surface area contributed by atoms with Gasteiger partial charge in [0.05, 0.1) is 27.1 Å². The molecule has 1 aromatic rings. The van der Waals surface area contributed by atoms with E-state index in [1.54, 1.807) is 12.0 Å². The zero-order valence-corrected chi connectivity index (χ0v) is 15.0. The van der Waals surface area contributed by atoms with E-state index in [0.717, 1.165) is 37.0 Å². The second kappa shape index (κ2) is 11.5. The molecule has 0 aliphatic heterocycles. The molecule has 1 aromatic carbocycles. The Morgan fingerprint density at radius 3 is 2.29 bits per heavy atom. The quantitative estimate of drug-likeness (QED) is 0.460. The maximum Gasteiger partial charge on any atom is 0.307 e. The van der Waals surface area contributed by atoms with E-state index in [1.165, 1.54) is 7.11 Å². The molecule has 0 saturated carbocycles. The summed E-state index contributed by atoms with van der Waals surface area (Å²) in [6.45, 7) is 3.25. The molecule has 0 saturated heterocycles. The van der Waals surface area contributed by atoms with Crippen molar-refractivity contribution in [2.45, 2.75) is 45.4 Å². The van der Waals surface area contributed by atoms with Gasteiger partial charge in [-0.25, -0.2) is 0 Å². The average Bonchev–Trinajstić information content (AvgIpc) is 2.61. The second-order valence-electron chi connectivity index (χ2n) is 5.79. The summed E-state index contributed by atoms with van der Waals surface area (Å²) in [5.74, 6) is 0.527. The van der Waals surface area contributed by atoms with E-state index in [4.69, 9.17) is 4.74 Å². The van der Waals surface area contributed by atoms with Crippen molar-refractivity contribution in [2.75, 3.05) is 27.3 Å². The summed E-state index contributed by atoms with van der Waals surface area (Å²) in [5, 5.41) is 0. The van der Waals surface area contributed by atoms with Gasteiger partial charge in [0.1, 0.15) is 5.75 Å². The Morgan fingerprint density at radius 1 is 1.00 bits per heavy atom. The monoisotopic (exact) mass is 335 g/mol. The van der Waals surface area contributed by atoms with Gasteiger partial charge in [0.15, 0.2) is 0 Å². The molecule has 0 unspecified atom stereocenters. The standard InChI is InChI=1S/C19H29NO4/c1-4-5-6-7-13-20(14-12-19(22)24-3)18(21)15-16-8-10-17(23-2)11-9-16/h8-11H,4-7,12-15H2,1-3H3. The molecule has 0 heterocycles. The molecule has 0 aromatic heterocycles. The minimum absolute atomic E-state index is 0.0422. The molecule has 0 atom stereocenters. The highest BCUT2D eigenvalue weighted by Gasteiger charge is 2.15. The van der Waals surface area contributed by atoms with Crippen molar-refractivity contribution in [3.63, 3.8) is 0 Å². The van der Waals surface area contributed by atoms with Crippen LogP contribution in [0.4, 0.5) is 0 Å². The maximum atomic E-state index is 12.6. The Hall–Kier alpha value is -2.04. The van der Waals surface area contributed by atoms with Crippen LogP contribution in [-0.2, 0) is 20.7 Å². The molecule has 1 rings (SSSR count). The number of benzene rings is 1. The van der Waals surface area contributed by atoms with Crippen molar-refractivity contribution in [3.8, 4) is 5.75 Å². The third-order valence-corrected chi connectivity index (χ3v) is 3.96. The highest BCUT2D eigenvalue weighted by atomic mass is 16.5. The molecule has 0 spiro atoms. The van der Waals surface area contributed by atoms with E-state index in [0.29, 0.717) is 19.5 Å². The summed E-state index contributed by atoms with van der Waals surface area (Å²) >= 11 is 0. The van der Waals surface area contributed by atoms with E-state index in [1.807, 2.05) is 24.3 Å². The maximum absolute atomic E-state index is 12.6. The molecular formula is C19H29NO4. The highest BCUT2D eigenvalue weighted by Crippen LogP contribution is 2.13. The Morgan fingerprint density at radius 2 is 1.71 bits per heavy atom. The summed E-state index contributed by atoms with van der Waals surface area (Å²) in [4.78, 5) is 25.7. The summed E-state index contributed by atoms with van der Waals surface area (Å²) < 4.78 is 9.80. The number of rotatable bonds is 11. The zero-order valence-electron chi connectivity index (χ0n) is 15.0. The third-order valence-electron chi connectivity index (χ3n) is 3.96. The molecule has 0 fully saturated rings. The predicted octanol–water partition coefficient (Wildman–Crippen LogP) is 3.21. The fourth-order valence-corrected chi connectivity index (χ4v) is 2.45. The van der Waals surface area contributed by atoms with Crippen LogP contribution in [0, 0.1) is 0 Å². The van der Waals surface area contributed by atoms with Crippen LogP contribution in [0.2, 0.25) is 0 Å². The minimum Gasteiger partial charge on any atom is -0.497 e. The Balaban J connectivity index is 2.60. The Bertz CT molecular complexity index is 499. The molecule has 0 N–H and O–H groups in total. The van der Waals surface area contributed by atoms with Gasteiger partial charge in [-0.1, -0.05) is 38.3 Å². The van der Waals surface area contributed by atoms with Crippen LogP contribution in [0.3, 0.4) is 0 Å². The van der Waals surface area contributed by atoms with Crippen LogP contribution >= 0.6 is 0 Å². The number of unbranched alkanes of at least 4 members (excludes halogenated alkanes) is 3. The lowest BCUT2D eigenvalue weighted by Gasteiger charge is -2.22. The van der Waals surface area contributed by atoms with E-state index in [-0.39, 0.29) is 18.3 Å². The van der Waals surface area contributed by atoms with Gasteiger partial charge in [0.25, 0.3) is 0 Å². The Labute approximate surface area is 144 Å². The van der Waals surface area contributed by atoms with Gasteiger partial charge in [0.2, 0.25) is 5.91 Å². The van der Waals surface area contributed by atoms with Crippen LogP contribution in [0.15, 0.2) is 24.3 Å². The number of carbonyl (C=O) groups is 2. The van der Waals surface area contributed by atoms with Crippen molar-refractivity contribution in [2.24, 2.45) is 0 Å². The molecular weight excluding hydrogens is 306 g/mol. The molecule has 0 aliphatic carbocycles. The number of nitrogens with zero attached hydrogens (tertiary/aromatic N) is 1. The topological polar surface area (TPSA) is 55.8 Å². The highest BCUT2D eigenvalue weighted by molar-refractivity contribution is 5.79. The van der Waals surface area contributed by atoms with Gasteiger partial charge in [-0.15, -0.1) is 0 Å². The fraction of sp³-hybridized carbons (Fsp3) is 0.579. The third kappa shape index (κ3) is 7.49. The zero-order chi connectivity index (χ0) is 17.8. The molecule has 24 heavy (non-hydrogen) atoms. The molecule has 134 valence electrons. The number of hydrogen-bond donors (Lipinski definition) is 0. The average molecular weight is 335 g/mol. The van der Waals surface area contributed by atoms with Gasteiger partial charge in [-0.05, 0) is 24.1 Å². The van der Waals surface area contributed by atoms with E-state index >= 15 is 0 Å². The number of esters is 1. The van der Waals surface area contributed by atoms with Crippen LogP contribution in [0.5, 0.6) is 5.75 Å². The van der Waals surface area contributed by atoms with Crippen LogP contribution < -0.4 is 4.74 Å². The van der Waals surface area contributed by atoms with Crippen molar-refractivity contribution in [1.29, 1.82) is 0 Å². The largest absolute Gasteiger partial charge is 0.497 e. The smallest absolute Gasteiger partial charge is 0.307 e. The Kier molecular flexibility index (Phi) is 9.58. The molecule has 0 bridgehead atoms. The number of hydrogen-bond acceptors (Lipinski definition) is 4. The normalized spacial score (nSPS) is 10.3. The van der Waals surface area contributed by atoms with Crippen molar-refractivity contribution < 1.29 is 19.1 Å². The molecule has 5 nitrogen and oxygen atoms in total. The van der Waals surface area contributed by atoms with Crippen LogP contribution in [0.25, 0.3) is 0 Å². The van der Waals surface area contributed by atoms with Crippen molar-refractivity contribution in [3.05, 3.63) is 29.8 Å². The second-order valence-corrected chi connectivity index (χ2v) is 5.79. The van der Waals surface area contributed by atoms with Gasteiger partial charge < -0.3 is 14.4 Å². The van der Waals surface area contributed by atoms with Crippen molar-refractivity contribution in [1.82, 2.24) is 4.90 Å². The molecule has 5 heteroatoms. The number of carbonyl (C=O) groups excluding carboxylic acids is 2. The molecule has 0 aliphatic rings. The lowest BCUT2D eigenvalue weighted by molar-refractivity contribution is -0.141. The first-order valence-corrected chi connectivity index (χ1v) is 8.58. The number of ether oxygens (including phenoxy) is 2. The van der Waals surface area contributed by atoms with Gasteiger partial charge in [-0.3, -0.25) is 9.59 Å². The first-order chi connectivity index (χ1) is 11.6. The van der Waals surface area contributed by atoms with E-state index in [2.05, 4.69) is 11.7 Å². The minimum atomic E-state index is -0.286. The van der Waals surface area contributed by atoms with Gasteiger partial charge in [-0.2, -0.15) is 0 Å². The van der Waals surface area contributed by atoms with E-state index < -0.39 is 0 Å². The summed E-state index contributed by atoms with van der Waals surface area (Å²) in [6, 6.07) is 7.49. The summed E-state index contributed by atoms with van der Waals surface area (Å²) in [5.41, 5.74) is 0.942. The number of methoxy groups -OCH3 is 2. The van der Waals surface area contributed by atoms with Gasteiger partial charge in [0, 0.05) is 13.1 Å². The van der Waals surface area contributed by atoms with E-state index in [9.17, 15) is 9.59 Å². The first kappa shape index (κ1) is 20.0. The summed E-state index contributed by atoms with van der Waals surface area (Å²) in [6.07, 6.45) is 4.95. The molecule has 1 amide bonds. The van der Waals surface area contributed by atoms with Crippen LogP contribution in [0.1, 0.15) is 44.6 Å². The van der Waals surface area contributed by atoms with Gasteiger partial charge >= 0.3 is 5.97 Å². The molecule has 0 radical (unpaired) electrons. The number of amides is 1. The SMILES string of the molecule is CCCCCCN(CCC(=O)OC)C(=O)Cc1ccc(OC)cc1. The van der Waals surface area contributed by atoms with Crippen molar-refractivity contribution >= 4 is 11.9 Å². The predicted molar refractivity (Wildman–Crippen MR) is 94.1 cm³/mol.